The van der Waals surface area contributed by atoms with E-state index in [0.29, 0.717) is 51.0 Å². The summed E-state index contributed by atoms with van der Waals surface area (Å²) in [6, 6.07) is 14.5. The molecular formula is C51H67N11O8. The van der Waals surface area contributed by atoms with Gasteiger partial charge in [0.05, 0.1) is 29.1 Å². The van der Waals surface area contributed by atoms with Crippen LogP contribution in [-0.4, -0.2) is 115 Å². The zero-order valence-corrected chi connectivity index (χ0v) is 40.9. The van der Waals surface area contributed by atoms with Gasteiger partial charge in [-0.15, -0.1) is 0 Å². The van der Waals surface area contributed by atoms with Gasteiger partial charge in [0.25, 0.3) is 5.91 Å². The fourth-order valence-electron chi connectivity index (χ4n) is 8.32. The lowest BCUT2D eigenvalue weighted by Crippen LogP contribution is -2.56. The highest BCUT2D eigenvalue weighted by Gasteiger charge is 2.36. The molecule has 4 atom stereocenters. The van der Waals surface area contributed by atoms with Crippen molar-refractivity contribution in [3.63, 3.8) is 0 Å². The molecular weight excluding hydrogens is 895 g/mol. The normalized spacial score (nSPS) is 16.2. The molecule has 0 saturated carbocycles. The number of likely N-dealkylation sites (N-methyl/N-ethyl adjacent to an activating group) is 1. The van der Waals surface area contributed by atoms with E-state index >= 15 is 0 Å². The fourth-order valence-corrected chi connectivity index (χ4v) is 8.32. The number of ether oxygens (including phenoxy) is 3. The molecule has 374 valence electrons. The monoisotopic (exact) mass is 962 g/mol. The largest absolute Gasteiger partial charge is 0.492 e. The molecule has 4 unspecified atom stereocenters. The summed E-state index contributed by atoms with van der Waals surface area (Å²) in [6.45, 7) is 9.43. The van der Waals surface area contributed by atoms with Gasteiger partial charge in [0.2, 0.25) is 23.6 Å². The first-order valence-electron chi connectivity index (χ1n) is 23.8. The maximum atomic E-state index is 14.8. The van der Waals surface area contributed by atoms with E-state index in [1.165, 1.54) is 18.9 Å². The lowest BCUT2D eigenvalue weighted by atomic mass is 9.93. The Morgan fingerprint density at radius 2 is 1.46 bits per heavy atom. The zero-order valence-electron chi connectivity index (χ0n) is 40.9. The number of aromatic nitrogens is 2. The van der Waals surface area contributed by atoms with Gasteiger partial charge < -0.3 is 57.6 Å². The number of nitrogens with zero attached hydrogens (tertiary/aromatic N) is 4. The molecule has 3 aromatic carbocycles. The van der Waals surface area contributed by atoms with Crippen LogP contribution in [0.2, 0.25) is 0 Å². The Kier molecular flexibility index (Phi) is 20.0. The molecule has 4 aromatic rings. The number of fused-ring (bicyclic) bond motifs is 5. The van der Waals surface area contributed by atoms with Crippen molar-refractivity contribution in [1.82, 2.24) is 36.1 Å². The van der Waals surface area contributed by atoms with E-state index in [1.54, 1.807) is 50.2 Å². The van der Waals surface area contributed by atoms with Crippen molar-refractivity contribution in [2.75, 3.05) is 46.4 Å². The number of benzene rings is 3. The van der Waals surface area contributed by atoms with E-state index < -0.39 is 53.7 Å². The summed E-state index contributed by atoms with van der Waals surface area (Å²) < 4.78 is 18.4. The van der Waals surface area contributed by atoms with Gasteiger partial charge in [-0.3, -0.25) is 24.0 Å². The Morgan fingerprint density at radius 1 is 0.843 bits per heavy atom. The average Bonchev–Trinajstić information content (AvgIpc) is 3.34. The maximum absolute atomic E-state index is 14.8. The number of nitrogens with two attached hydrogens (primary N) is 3. The molecule has 0 fully saturated rings. The molecule has 4 bridgehead atoms. The molecule has 0 spiro atoms. The number of rotatable bonds is 21. The highest BCUT2D eigenvalue weighted by atomic mass is 16.5. The van der Waals surface area contributed by atoms with Crippen LogP contribution >= 0.6 is 0 Å². The topological polar surface area (TPSA) is 292 Å². The summed E-state index contributed by atoms with van der Waals surface area (Å²) in [6.07, 6.45) is 4.09. The number of hydrogen-bond donors (Lipinski definition) is 7. The summed E-state index contributed by atoms with van der Waals surface area (Å²) in [5, 5.41) is 20.0. The van der Waals surface area contributed by atoms with Crippen LogP contribution in [0.25, 0.3) is 22.5 Å². The number of amides is 5. The Hall–Kier alpha value is -7.14. The molecule has 1 aliphatic rings. The first-order valence-corrected chi connectivity index (χ1v) is 23.8. The molecule has 70 heavy (non-hydrogen) atoms. The molecule has 19 nitrogen and oxygen atoms in total. The van der Waals surface area contributed by atoms with Crippen molar-refractivity contribution >= 4 is 29.5 Å². The Balaban J connectivity index is 1.52. The van der Waals surface area contributed by atoms with Gasteiger partial charge in [0, 0.05) is 43.2 Å². The highest BCUT2D eigenvalue weighted by Crippen LogP contribution is 2.40. The lowest BCUT2D eigenvalue weighted by Gasteiger charge is -2.32. The van der Waals surface area contributed by atoms with E-state index in [-0.39, 0.29) is 63.9 Å². The number of aryl methyl sites for hydroxylation is 2. The second kappa shape index (κ2) is 26.0. The quantitative estimate of drug-likeness (QED) is 0.0591. The average molecular weight is 962 g/mol. The number of carbonyl (C=O) groups is 5. The Labute approximate surface area is 409 Å². The molecule has 5 amide bonds. The summed E-state index contributed by atoms with van der Waals surface area (Å²) in [5.41, 5.74) is 21.3. The smallest absolute Gasteiger partial charge is 0.255 e. The zero-order chi connectivity index (χ0) is 50.9. The standard InChI is InChI=1S/C51H67N11O8/c1-7-9-36(10-8-2)70-37-15-12-34(13-16-37)46-57-30(3)44(31(4)58-46)49(65)60-40(19-20-52)51(67)62(6)45-35-14-18-43(69-26-23-55)39(29-35)38-27-33(11-17-42(38)68-25-22-54)28-41(48(64)56-24-21-53)61-47(63)32(5)59-50(45)66/h11-18,27,29,32,36,40-41,45H,7-10,19-20,22-26,28,52,54-55H2,1-6H3,(H,56,64)(H,59,66)(H,60,65)(H,61,63). The van der Waals surface area contributed by atoms with Crippen molar-refractivity contribution in [2.24, 2.45) is 17.2 Å². The van der Waals surface area contributed by atoms with Crippen LogP contribution in [0, 0.1) is 25.2 Å². The number of hydrogen-bond acceptors (Lipinski definition) is 14. The van der Waals surface area contributed by atoms with Crippen molar-refractivity contribution in [1.29, 1.82) is 5.26 Å². The van der Waals surface area contributed by atoms with E-state index in [2.05, 4.69) is 45.1 Å². The van der Waals surface area contributed by atoms with Gasteiger partial charge in [-0.2, -0.15) is 5.26 Å². The SMILES string of the molecule is CCCC(CCC)Oc1ccc(-c2nc(C)c(C(=O)NC(CCN)C(=O)N(C)C3C(=O)NC(C)C(=O)NC(C(=O)NCC#N)Cc4ccc(OCCN)c(c4)-c4cc3ccc4OCCN)c(C)n2)cc1. The molecule has 2 heterocycles. The number of carbonyl (C=O) groups excluding carboxylic acids is 5. The van der Waals surface area contributed by atoms with Crippen LogP contribution in [0.1, 0.15) is 91.8 Å². The van der Waals surface area contributed by atoms with Gasteiger partial charge in [-0.1, -0.05) is 38.8 Å². The Bertz CT molecular complexity index is 2480. The van der Waals surface area contributed by atoms with E-state index in [9.17, 15) is 29.2 Å². The maximum Gasteiger partial charge on any atom is 0.255 e. The number of nitriles is 1. The second-order valence-corrected chi connectivity index (χ2v) is 17.1. The van der Waals surface area contributed by atoms with Crippen LogP contribution in [0.15, 0.2) is 60.7 Å². The highest BCUT2D eigenvalue weighted by molar-refractivity contribution is 6.00. The molecule has 0 saturated heterocycles. The minimum atomic E-state index is -1.41. The first-order chi connectivity index (χ1) is 33.7. The molecule has 1 aromatic heterocycles. The number of nitrogens with one attached hydrogen (secondary N) is 4. The van der Waals surface area contributed by atoms with Crippen LogP contribution in [0.4, 0.5) is 0 Å². The van der Waals surface area contributed by atoms with E-state index in [1.807, 2.05) is 30.3 Å². The predicted octanol–water partition coefficient (Wildman–Crippen LogP) is 3.28. The summed E-state index contributed by atoms with van der Waals surface area (Å²) in [4.78, 5) is 81.3. The second-order valence-electron chi connectivity index (χ2n) is 17.1. The predicted molar refractivity (Wildman–Crippen MR) is 264 cm³/mol. The van der Waals surface area contributed by atoms with Crippen molar-refractivity contribution < 1.29 is 38.2 Å². The fraction of sp³-hybridized carbons (Fsp3) is 0.451. The Morgan fingerprint density at radius 3 is 2.04 bits per heavy atom. The minimum Gasteiger partial charge on any atom is -0.492 e. The molecule has 0 aliphatic carbocycles. The molecule has 0 radical (unpaired) electrons. The van der Waals surface area contributed by atoms with Crippen LogP contribution < -0.4 is 52.7 Å². The van der Waals surface area contributed by atoms with Gasteiger partial charge >= 0.3 is 0 Å². The third-order valence-electron chi connectivity index (χ3n) is 11.7. The van der Waals surface area contributed by atoms with Gasteiger partial charge in [-0.05, 0) is 106 Å². The lowest BCUT2D eigenvalue weighted by molar-refractivity contribution is -0.141. The van der Waals surface area contributed by atoms with E-state index in [4.69, 9.17) is 31.4 Å². The summed E-state index contributed by atoms with van der Waals surface area (Å²) in [7, 11) is 1.42. The van der Waals surface area contributed by atoms with E-state index in [0.717, 1.165) is 37.0 Å². The third kappa shape index (κ3) is 13.8. The molecule has 5 rings (SSSR count). The minimum absolute atomic E-state index is 0.00159. The van der Waals surface area contributed by atoms with Crippen molar-refractivity contribution in [2.45, 2.75) is 103 Å². The molecule has 19 heteroatoms. The third-order valence-corrected chi connectivity index (χ3v) is 11.7. The van der Waals surface area contributed by atoms with Crippen molar-refractivity contribution in [3.8, 4) is 45.8 Å². The summed E-state index contributed by atoms with van der Waals surface area (Å²) in [5.74, 6) is -1.45. The van der Waals surface area contributed by atoms with Gasteiger partial charge in [0.15, 0.2) is 5.82 Å². The van der Waals surface area contributed by atoms with Crippen LogP contribution in [0.3, 0.4) is 0 Å². The van der Waals surface area contributed by atoms with Gasteiger partial charge in [-0.25, -0.2) is 9.97 Å². The van der Waals surface area contributed by atoms with Crippen LogP contribution in [0.5, 0.6) is 17.2 Å². The summed E-state index contributed by atoms with van der Waals surface area (Å²) >= 11 is 0. The molecule has 1 aliphatic heterocycles. The van der Waals surface area contributed by atoms with Crippen molar-refractivity contribution in [3.05, 3.63) is 88.7 Å². The first kappa shape index (κ1) is 53.8. The molecule has 10 N–H and O–H groups in total. The van der Waals surface area contributed by atoms with Gasteiger partial charge in [0.1, 0.15) is 61.2 Å². The van der Waals surface area contributed by atoms with Crippen LogP contribution in [-0.2, 0) is 25.6 Å².